The monoisotopic (exact) mass is 188 g/mol. The number of nitrogens with zero attached hydrogens (tertiary/aromatic N) is 1. The van der Waals surface area contributed by atoms with Gasteiger partial charge in [0.2, 0.25) is 0 Å². The van der Waals surface area contributed by atoms with Crippen LogP contribution in [0.2, 0.25) is 0 Å². The zero-order valence-corrected chi connectivity index (χ0v) is 7.88. The first-order valence-electron chi connectivity index (χ1n) is 2.60. The van der Waals surface area contributed by atoms with Crippen LogP contribution in [0.1, 0.15) is 10.4 Å². The van der Waals surface area contributed by atoms with Crippen molar-refractivity contribution in [3.8, 4) is 6.07 Å². The molecule has 1 nitrogen and oxygen atoms in total. The fourth-order valence-electron chi connectivity index (χ4n) is 0.501. The molecule has 1 aromatic rings. The van der Waals surface area contributed by atoms with Crippen molar-refractivity contribution < 1.29 is 17.0 Å². The standard InChI is InChI=1S/C6H5NS.CH2.V/c1-5-6(4-7)2-3-8-5;;/h2-3H,1H3;1H2;. The summed E-state index contributed by atoms with van der Waals surface area (Å²) in [4.78, 5) is 1.10. The predicted octanol–water partition coefficient (Wildman–Crippen LogP) is 1.89. The summed E-state index contributed by atoms with van der Waals surface area (Å²) < 4.78 is 0. The molecule has 0 aliphatic carbocycles. The van der Waals surface area contributed by atoms with Gasteiger partial charge in [-0.05, 0) is 18.4 Å². The summed E-state index contributed by atoms with van der Waals surface area (Å²) in [5.74, 6) is 0. The van der Waals surface area contributed by atoms with Gasteiger partial charge in [-0.1, -0.05) is 0 Å². The van der Waals surface area contributed by atoms with Gasteiger partial charge in [-0.3, -0.25) is 0 Å². The SMILES string of the molecule is Cc1sccc1C#N.[CH2]=[V]. The minimum atomic E-state index is 0.801. The summed E-state index contributed by atoms with van der Waals surface area (Å²) in [5, 5.41) is 13.5. The van der Waals surface area contributed by atoms with Crippen LogP contribution < -0.4 is 0 Å². The Morgan fingerprint density at radius 3 is 2.50 bits per heavy atom. The van der Waals surface area contributed by atoms with Gasteiger partial charge in [0.15, 0.2) is 0 Å². The van der Waals surface area contributed by atoms with Gasteiger partial charge in [0.05, 0.1) is 5.56 Å². The maximum absolute atomic E-state index is 8.36. The zero-order chi connectivity index (χ0) is 7.98. The first kappa shape index (κ1) is 9.64. The van der Waals surface area contributed by atoms with Crippen molar-refractivity contribution in [2.45, 2.75) is 6.92 Å². The van der Waals surface area contributed by atoms with E-state index in [1.807, 2.05) is 18.4 Å². The molecule has 1 heterocycles. The Hall–Kier alpha value is -0.356. The fraction of sp³-hybridized carbons (Fsp3) is 0.143. The van der Waals surface area contributed by atoms with E-state index < -0.39 is 0 Å². The second-order valence-corrected chi connectivity index (χ2v) is 2.62. The van der Waals surface area contributed by atoms with Gasteiger partial charge in [0.1, 0.15) is 6.07 Å². The van der Waals surface area contributed by atoms with Crippen LogP contribution in [0.25, 0.3) is 0 Å². The average Bonchev–Trinajstić information content (AvgIpc) is 2.39. The van der Waals surface area contributed by atoms with Crippen LogP contribution in [0, 0.1) is 18.3 Å². The maximum atomic E-state index is 8.36. The quantitative estimate of drug-likeness (QED) is 0.610. The van der Waals surface area contributed by atoms with Crippen molar-refractivity contribution in [1.82, 2.24) is 0 Å². The van der Waals surface area contributed by atoms with Crippen LogP contribution in [0.5, 0.6) is 0 Å². The zero-order valence-electron chi connectivity index (χ0n) is 5.66. The van der Waals surface area contributed by atoms with Crippen LogP contribution in [0.4, 0.5) is 0 Å². The van der Waals surface area contributed by atoms with Gasteiger partial charge < -0.3 is 0 Å². The normalized spacial score (nSPS) is 7.10. The molecule has 0 fully saturated rings. The molecule has 0 radical (unpaired) electrons. The molecule has 0 saturated carbocycles. The molecular weight excluding hydrogens is 181 g/mol. The molecule has 0 saturated heterocycles. The number of aryl methyl sites for hydroxylation is 1. The van der Waals surface area contributed by atoms with E-state index in [0.29, 0.717) is 0 Å². The van der Waals surface area contributed by atoms with Crippen molar-refractivity contribution in [2.24, 2.45) is 0 Å². The van der Waals surface area contributed by atoms with Crippen LogP contribution in [0.15, 0.2) is 11.4 Å². The Kier molecular flexibility index (Phi) is 5.24. The van der Waals surface area contributed by atoms with Gasteiger partial charge in [0.25, 0.3) is 0 Å². The molecule has 0 spiro atoms. The van der Waals surface area contributed by atoms with Crippen LogP contribution >= 0.6 is 11.3 Å². The van der Waals surface area contributed by atoms with E-state index in [1.54, 1.807) is 11.3 Å². The fourth-order valence-corrected chi connectivity index (χ4v) is 1.15. The second kappa shape index (κ2) is 5.43. The van der Waals surface area contributed by atoms with E-state index in [2.05, 4.69) is 28.3 Å². The number of nitriles is 1. The Labute approximate surface area is 73.8 Å². The molecule has 0 aliphatic rings. The van der Waals surface area contributed by atoms with Crippen molar-refractivity contribution in [2.75, 3.05) is 0 Å². The molecule has 0 atom stereocenters. The first-order valence-corrected chi connectivity index (χ1v) is 4.47. The summed E-state index contributed by atoms with van der Waals surface area (Å²) in [7, 11) is 0. The molecule has 1 rings (SSSR count). The molecule has 0 bridgehead atoms. The van der Waals surface area contributed by atoms with Gasteiger partial charge in [-0.15, -0.1) is 11.3 Å². The summed E-state index contributed by atoms with van der Waals surface area (Å²) in [5.41, 5.74) is 0.801. The van der Waals surface area contributed by atoms with Crippen molar-refractivity contribution in [3.05, 3.63) is 21.9 Å². The van der Waals surface area contributed by atoms with Crippen molar-refractivity contribution >= 4 is 16.6 Å². The van der Waals surface area contributed by atoms with E-state index in [1.165, 1.54) is 0 Å². The van der Waals surface area contributed by atoms with E-state index in [4.69, 9.17) is 5.26 Å². The summed E-state index contributed by atoms with van der Waals surface area (Å²) in [6.45, 7) is 1.95. The Bertz CT molecular complexity index is 236. The molecule has 0 aliphatic heterocycles. The second-order valence-electron chi connectivity index (χ2n) is 1.50. The van der Waals surface area contributed by atoms with Crippen LogP contribution in [-0.4, -0.2) is 5.23 Å². The van der Waals surface area contributed by atoms with Crippen LogP contribution in [0.3, 0.4) is 0 Å². The third-order valence-corrected chi connectivity index (χ3v) is 1.82. The summed E-state index contributed by atoms with van der Waals surface area (Å²) in [6, 6.07) is 3.92. The molecule has 3 heteroatoms. The number of thiophene rings is 1. The van der Waals surface area contributed by atoms with Gasteiger partial charge in [-0.2, -0.15) is 5.26 Å². The van der Waals surface area contributed by atoms with Crippen molar-refractivity contribution in [3.63, 3.8) is 0 Å². The first-order chi connectivity index (χ1) is 4.84. The molecule has 1 aromatic heterocycles. The molecule has 10 heavy (non-hydrogen) atoms. The Morgan fingerprint density at radius 2 is 2.30 bits per heavy atom. The van der Waals surface area contributed by atoms with E-state index in [-0.39, 0.29) is 0 Å². The van der Waals surface area contributed by atoms with Gasteiger partial charge >= 0.3 is 22.2 Å². The molecule has 0 unspecified atom stereocenters. The topological polar surface area (TPSA) is 23.8 Å². The van der Waals surface area contributed by atoms with E-state index in [9.17, 15) is 0 Å². The van der Waals surface area contributed by atoms with E-state index in [0.717, 1.165) is 10.4 Å². The van der Waals surface area contributed by atoms with Crippen LogP contribution in [-0.2, 0) is 17.0 Å². The van der Waals surface area contributed by atoms with Gasteiger partial charge in [-0.25, -0.2) is 0 Å². The number of hydrogen-bond acceptors (Lipinski definition) is 2. The third kappa shape index (κ3) is 2.49. The average molecular weight is 188 g/mol. The number of hydrogen-bond donors (Lipinski definition) is 0. The molecule has 51 valence electrons. The van der Waals surface area contributed by atoms with Crippen molar-refractivity contribution in [1.29, 1.82) is 5.26 Å². The summed E-state index contributed by atoms with van der Waals surface area (Å²) in [6.07, 6.45) is 0. The minimum absolute atomic E-state index is 0.801. The molecule has 0 N–H and O–H groups in total. The number of rotatable bonds is 0. The molecular formula is C7H7NSV. The Morgan fingerprint density at radius 1 is 1.70 bits per heavy atom. The molecule has 0 amide bonds. The third-order valence-electron chi connectivity index (χ3n) is 0.979. The van der Waals surface area contributed by atoms with Gasteiger partial charge in [0, 0.05) is 4.88 Å². The van der Waals surface area contributed by atoms with E-state index >= 15 is 0 Å². The predicted molar refractivity (Wildman–Crippen MR) is 40.9 cm³/mol. The molecule has 0 aromatic carbocycles. The Balaban J connectivity index is 0.000000371. The summed E-state index contributed by atoms with van der Waals surface area (Å²) >= 11 is 3.67.